The van der Waals surface area contributed by atoms with Crippen molar-refractivity contribution in [2.75, 3.05) is 14.2 Å². The van der Waals surface area contributed by atoms with Crippen molar-refractivity contribution < 1.29 is 13.9 Å². The van der Waals surface area contributed by atoms with Gasteiger partial charge in [-0.3, -0.25) is 0 Å². The molecule has 0 spiro atoms. The number of ether oxygens (including phenoxy) is 2. The molecule has 1 unspecified atom stereocenters. The first-order valence-electron chi connectivity index (χ1n) is 5.85. The Morgan fingerprint density at radius 3 is 2.68 bits per heavy atom. The van der Waals surface area contributed by atoms with E-state index in [1.54, 1.807) is 26.5 Å². The van der Waals surface area contributed by atoms with Crippen LogP contribution in [0.1, 0.15) is 17.4 Å². The van der Waals surface area contributed by atoms with Crippen LogP contribution in [0.5, 0.6) is 11.5 Å². The van der Waals surface area contributed by atoms with Gasteiger partial charge in [0.05, 0.1) is 25.5 Å². The van der Waals surface area contributed by atoms with E-state index >= 15 is 0 Å². The van der Waals surface area contributed by atoms with Crippen LogP contribution in [0.25, 0.3) is 0 Å². The maximum atomic E-state index is 6.16. The van der Waals surface area contributed by atoms with Gasteiger partial charge in [-0.2, -0.15) is 0 Å². The van der Waals surface area contributed by atoms with Crippen molar-refractivity contribution in [1.29, 1.82) is 0 Å². The highest BCUT2D eigenvalue weighted by molar-refractivity contribution is 6.32. The van der Waals surface area contributed by atoms with E-state index in [9.17, 15) is 0 Å². The second-order valence-electron chi connectivity index (χ2n) is 4.13. The van der Waals surface area contributed by atoms with Crippen LogP contribution in [0.3, 0.4) is 0 Å². The van der Waals surface area contributed by atoms with Crippen molar-refractivity contribution in [3.63, 3.8) is 0 Å². The quantitative estimate of drug-likeness (QED) is 0.914. The van der Waals surface area contributed by atoms with Crippen LogP contribution in [0, 0.1) is 0 Å². The molecule has 0 saturated heterocycles. The van der Waals surface area contributed by atoms with Gasteiger partial charge in [0.2, 0.25) is 0 Å². The molecule has 2 N–H and O–H groups in total. The van der Waals surface area contributed by atoms with E-state index in [1.165, 1.54) is 0 Å². The molecule has 2 aromatic rings. The Kier molecular flexibility index (Phi) is 4.35. The molecule has 102 valence electrons. The first kappa shape index (κ1) is 13.8. The molecule has 1 heterocycles. The van der Waals surface area contributed by atoms with Crippen molar-refractivity contribution >= 4 is 11.6 Å². The Morgan fingerprint density at radius 2 is 2.11 bits per heavy atom. The molecular weight excluding hydrogens is 266 g/mol. The Labute approximate surface area is 117 Å². The van der Waals surface area contributed by atoms with Gasteiger partial charge in [-0.05, 0) is 29.8 Å². The average Bonchev–Trinajstić information content (AvgIpc) is 2.90. The fraction of sp³-hybridized carbons (Fsp3) is 0.286. The molecule has 1 atom stereocenters. The smallest absolute Gasteiger partial charge is 0.179 e. The van der Waals surface area contributed by atoms with Crippen LogP contribution < -0.4 is 15.2 Å². The summed E-state index contributed by atoms with van der Waals surface area (Å²) in [5.41, 5.74) is 7.03. The van der Waals surface area contributed by atoms with Gasteiger partial charge in [-0.25, -0.2) is 0 Å². The van der Waals surface area contributed by atoms with E-state index < -0.39 is 0 Å². The summed E-state index contributed by atoms with van der Waals surface area (Å²) in [5, 5.41) is 0.478. The fourth-order valence-electron chi connectivity index (χ4n) is 1.92. The second kappa shape index (κ2) is 5.99. The number of methoxy groups -OCH3 is 2. The van der Waals surface area contributed by atoms with Crippen LogP contribution in [-0.2, 0) is 6.42 Å². The lowest BCUT2D eigenvalue weighted by Crippen LogP contribution is -2.13. The fourth-order valence-corrected chi connectivity index (χ4v) is 2.21. The van der Waals surface area contributed by atoms with Gasteiger partial charge in [0, 0.05) is 12.5 Å². The molecule has 1 aromatic carbocycles. The first-order chi connectivity index (χ1) is 9.15. The topological polar surface area (TPSA) is 57.6 Å². The Bertz CT molecular complexity index is 540. The number of hydrogen-bond donors (Lipinski definition) is 1. The number of halogens is 1. The van der Waals surface area contributed by atoms with Gasteiger partial charge in [-0.15, -0.1) is 0 Å². The zero-order chi connectivity index (χ0) is 13.8. The first-order valence-corrected chi connectivity index (χ1v) is 6.23. The van der Waals surface area contributed by atoms with Crippen molar-refractivity contribution in [3.05, 3.63) is 46.9 Å². The molecule has 0 saturated carbocycles. The van der Waals surface area contributed by atoms with Crippen molar-refractivity contribution in [3.8, 4) is 11.5 Å². The Balaban J connectivity index is 2.27. The number of hydrogen-bond acceptors (Lipinski definition) is 4. The van der Waals surface area contributed by atoms with E-state index in [2.05, 4.69) is 0 Å². The maximum absolute atomic E-state index is 6.16. The van der Waals surface area contributed by atoms with Gasteiger partial charge in [0.1, 0.15) is 5.76 Å². The highest BCUT2D eigenvalue weighted by Crippen LogP contribution is 2.37. The molecule has 0 amide bonds. The van der Waals surface area contributed by atoms with Gasteiger partial charge < -0.3 is 19.6 Å². The lowest BCUT2D eigenvalue weighted by atomic mass is 10.0. The number of furan rings is 1. The number of rotatable bonds is 5. The highest BCUT2D eigenvalue weighted by Gasteiger charge is 2.16. The Hall–Kier alpha value is -1.65. The van der Waals surface area contributed by atoms with E-state index in [1.807, 2.05) is 18.2 Å². The zero-order valence-electron chi connectivity index (χ0n) is 10.9. The molecule has 0 aliphatic heterocycles. The third-order valence-corrected chi connectivity index (χ3v) is 3.17. The standard InChI is InChI=1S/C14H16ClNO3/c1-17-13-7-9(6-11(15)14(13)18-2)12(16)8-10-4-3-5-19-10/h3-7,12H,8,16H2,1-2H3. The van der Waals surface area contributed by atoms with Crippen molar-refractivity contribution in [2.24, 2.45) is 5.73 Å². The molecule has 0 aliphatic carbocycles. The third-order valence-electron chi connectivity index (χ3n) is 2.89. The van der Waals surface area contributed by atoms with Crippen LogP contribution in [0.4, 0.5) is 0 Å². The molecule has 2 rings (SSSR count). The lowest BCUT2D eigenvalue weighted by molar-refractivity contribution is 0.354. The zero-order valence-corrected chi connectivity index (χ0v) is 11.6. The monoisotopic (exact) mass is 281 g/mol. The third kappa shape index (κ3) is 3.03. The summed E-state index contributed by atoms with van der Waals surface area (Å²) in [5.74, 6) is 1.91. The van der Waals surface area contributed by atoms with Crippen LogP contribution in [0.15, 0.2) is 34.9 Å². The summed E-state index contributed by atoms with van der Waals surface area (Å²) in [7, 11) is 3.11. The number of benzene rings is 1. The predicted molar refractivity (Wildman–Crippen MR) is 73.9 cm³/mol. The van der Waals surface area contributed by atoms with E-state index in [0.29, 0.717) is 22.9 Å². The maximum Gasteiger partial charge on any atom is 0.179 e. The van der Waals surface area contributed by atoms with Crippen molar-refractivity contribution in [2.45, 2.75) is 12.5 Å². The molecule has 0 aliphatic rings. The minimum atomic E-state index is -0.219. The van der Waals surface area contributed by atoms with E-state index in [4.69, 9.17) is 31.2 Å². The molecule has 19 heavy (non-hydrogen) atoms. The van der Waals surface area contributed by atoms with E-state index in [-0.39, 0.29) is 6.04 Å². The molecule has 4 nitrogen and oxygen atoms in total. The molecule has 1 aromatic heterocycles. The van der Waals surface area contributed by atoms with Gasteiger partial charge >= 0.3 is 0 Å². The molecule has 0 fully saturated rings. The van der Waals surface area contributed by atoms with Gasteiger partial charge in [0.25, 0.3) is 0 Å². The van der Waals surface area contributed by atoms with Crippen LogP contribution in [0.2, 0.25) is 5.02 Å². The normalized spacial score (nSPS) is 12.2. The average molecular weight is 282 g/mol. The molecule has 0 radical (unpaired) electrons. The molecule has 5 heteroatoms. The largest absolute Gasteiger partial charge is 0.493 e. The highest BCUT2D eigenvalue weighted by atomic mass is 35.5. The summed E-state index contributed by atoms with van der Waals surface area (Å²) < 4.78 is 15.7. The second-order valence-corrected chi connectivity index (χ2v) is 4.54. The summed E-state index contributed by atoms with van der Waals surface area (Å²) in [6.45, 7) is 0. The SMILES string of the molecule is COc1cc(C(N)Cc2ccco2)cc(Cl)c1OC. The summed E-state index contributed by atoms with van der Waals surface area (Å²) in [4.78, 5) is 0. The van der Waals surface area contributed by atoms with Gasteiger partial charge in [0.15, 0.2) is 11.5 Å². The minimum Gasteiger partial charge on any atom is -0.493 e. The Morgan fingerprint density at radius 1 is 1.32 bits per heavy atom. The predicted octanol–water partition coefficient (Wildman–Crippen LogP) is 3.19. The summed E-state index contributed by atoms with van der Waals surface area (Å²) >= 11 is 6.16. The molecule has 0 bridgehead atoms. The minimum absolute atomic E-state index is 0.219. The van der Waals surface area contributed by atoms with Crippen molar-refractivity contribution in [1.82, 2.24) is 0 Å². The lowest BCUT2D eigenvalue weighted by Gasteiger charge is -2.15. The van der Waals surface area contributed by atoms with Crippen LogP contribution >= 0.6 is 11.6 Å². The van der Waals surface area contributed by atoms with E-state index in [0.717, 1.165) is 11.3 Å². The summed E-state index contributed by atoms with van der Waals surface area (Å²) in [6, 6.07) is 7.13. The van der Waals surface area contributed by atoms with Gasteiger partial charge in [-0.1, -0.05) is 11.6 Å². The van der Waals surface area contributed by atoms with Crippen LogP contribution in [-0.4, -0.2) is 14.2 Å². The molecular formula is C14H16ClNO3. The number of nitrogens with two attached hydrogens (primary N) is 1. The summed E-state index contributed by atoms with van der Waals surface area (Å²) in [6.07, 6.45) is 2.22.